The van der Waals surface area contributed by atoms with Crippen LogP contribution in [0, 0.1) is 0 Å². The Bertz CT molecular complexity index is 585. The molecule has 3 rings (SSSR count). The summed E-state index contributed by atoms with van der Waals surface area (Å²) < 4.78 is 0. The van der Waals surface area contributed by atoms with Crippen molar-refractivity contribution in [3.05, 3.63) is 29.6 Å². The summed E-state index contributed by atoms with van der Waals surface area (Å²) in [5.41, 5.74) is 9.71. The first-order valence-electron chi connectivity index (χ1n) is 6.68. The number of nitrogens with zero attached hydrogens (tertiary/aromatic N) is 1. The lowest BCUT2D eigenvalue weighted by atomic mass is 9.73. The van der Waals surface area contributed by atoms with E-state index in [1.807, 2.05) is 0 Å². The molecule has 96 valence electrons. The van der Waals surface area contributed by atoms with Gasteiger partial charge in [0.25, 0.3) is 0 Å². The minimum absolute atomic E-state index is 0.0516. The number of H-pyrrole nitrogens is 1. The highest BCUT2D eigenvalue weighted by molar-refractivity contribution is 5.76. The van der Waals surface area contributed by atoms with Crippen molar-refractivity contribution in [1.82, 2.24) is 9.97 Å². The van der Waals surface area contributed by atoms with Gasteiger partial charge in [0.05, 0.1) is 11.0 Å². The first-order chi connectivity index (χ1) is 8.38. The summed E-state index contributed by atoms with van der Waals surface area (Å²) in [7, 11) is 0. The third-order valence-electron chi connectivity index (χ3n) is 4.01. The van der Waals surface area contributed by atoms with Gasteiger partial charge in [0.15, 0.2) is 0 Å². The van der Waals surface area contributed by atoms with Crippen molar-refractivity contribution in [2.75, 3.05) is 0 Å². The Hall–Kier alpha value is -1.35. The predicted molar refractivity (Wildman–Crippen MR) is 74.5 cm³/mol. The van der Waals surface area contributed by atoms with Crippen LogP contribution in [0.5, 0.6) is 0 Å². The second-order valence-electron chi connectivity index (χ2n) is 6.58. The van der Waals surface area contributed by atoms with Gasteiger partial charge >= 0.3 is 0 Å². The summed E-state index contributed by atoms with van der Waals surface area (Å²) in [6.07, 6.45) is 3.43. The van der Waals surface area contributed by atoms with E-state index >= 15 is 0 Å². The zero-order chi connectivity index (χ0) is 13.0. The molecule has 1 heterocycles. The van der Waals surface area contributed by atoms with Crippen molar-refractivity contribution in [2.24, 2.45) is 5.73 Å². The van der Waals surface area contributed by atoms with Crippen molar-refractivity contribution >= 4 is 11.0 Å². The quantitative estimate of drug-likeness (QED) is 0.808. The average molecular weight is 243 g/mol. The Labute approximate surface area is 108 Å². The number of fused-ring (bicyclic) bond motifs is 1. The fourth-order valence-corrected chi connectivity index (χ4v) is 2.52. The van der Waals surface area contributed by atoms with Gasteiger partial charge in [-0.25, -0.2) is 4.98 Å². The summed E-state index contributed by atoms with van der Waals surface area (Å²) >= 11 is 0. The molecule has 0 spiro atoms. The standard InChI is InChI=1S/C15H21N3/c1-14(2,3)13-17-11-6-5-10(9-12(11)18-13)15(16)7-4-8-15/h5-6,9H,4,7-8,16H2,1-3H3,(H,17,18). The van der Waals surface area contributed by atoms with Gasteiger partial charge in [0.1, 0.15) is 5.82 Å². The molecule has 2 aromatic rings. The molecule has 0 bridgehead atoms. The molecule has 1 aromatic carbocycles. The molecule has 3 nitrogen and oxygen atoms in total. The highest BCUT2D eigenvalue weighted by Gasteiger charge is 2.34. The normalized spacial score (nSPS) is 18.9. The van der Waals surface area contributed by atoms with E-state index in [0.29, 0.717) is 0 Å². The van der Waals surface area contributed by atoms with Crippen LogP contribution >= 0.6 is 0 Å². The topological polar surface area (TPSA) is 54.7 Å². The lowest BCUT2D eigenvalue weighted by molar-refractivity contribution is 0.254. The summed E-state index contributed by atoms with van der Waals surface area (Å²) in [6, 6.07) is 6.40. The van der Waals surface area contributed by atoms with Crippen LogP contribution in [0.3, 0.4) is 0 Å². The van der Waals surface area contributed by atoms with E-state index in [9.17, 15) is 0 Å². The van der Waals surface area contributed by atoms with Gasteiger partial charge in [-0.15, -0.1) is 0 Å². The number of hydrogen-bond acceptors (Lipinski definition) is 2. The first kappa shape index (κ1) is 11.7. The van der Waals surface area contributed by atoms with Crippen molar-refractivity contribution in [3.8, 4) is 0 Å². The Morgan fingerprint density at radius 3 is 2.56 bits per heavy atom. The van der Waals surface area contributed by atoms with Crippen molar-refractivity contribution in [1.29, 1.82) is 0 Å². The van der Waals surface area contributed by atoms with Crippen LogP contribution in [0.15, 0.2) is 18.2 Å². The second kappa shape index (κ2) is 3.58. The highest BCUT2D eigenvalue weighted by Crippen LogP contribution is 2.39. The SMILES string of the molecule is CC(C)(C)c1nc2ccc(C3(N)CCC3)cc2[nH]1. The van der Waals surface area contributed by atoms with Gasteiger partial charge in [-0.05, 0) is 37.0 Å². The predicted octanol–water partition coefficient (Wildman–Crippen LogP) is 3.20. The summed E-state index contributed by atoms with van der Waals surface area (Å²) in [4.78, 5) is 8.08. The molecule has 3 heteroatoms. The van der Waals surface area contributed by atoms with E-state index in [4.69, 9.17) is 5.73 Å². The number of hydrogen-bond donors (Lipinski definition) is 2. The fraction of sp³-hybridized carbons (Fsp3) is 0.533. The van der Waals surface area contributed by atoms with Crippen LogP contribution in [0.2, 0.25) is 0 Å². The van der Waals surface area contributed by atoms with Crippen LogP contribution in [0.1, 0.15) is 51.4 Å². The number of aromatic amines is 1. The van der Waals surface area contributed by atoms with E-state index in [0.717, 1.165) is 29.7 Å². The van der Waals surface area contributed by atoms with Crippen LogP contribution in [-0.2, 0) is 11.0 Å². The van der Waals surface area contributed by atoms with Crippen molar-refractivity contribution < 1.29 is 0 Å². The molecule has 0 atom stereocenters. The maximum absolute atomic E-state index is 6.37. The molecule has 1 saturated carbocycles. The Balaban J connectivity index is 2.07. The van der Waals surface area contributed by atoms with E-state index < -0.39 is 0 Å². The maximum atomic E-state index is 6.37. The largest absolute Gasteiger partial charge is 0.342 e. The molecule has 0 unspecified atom stereocenters. The van der Waals surface area contributed by atoms with Gasteiger partial charge in [-0.1, -0.05) is 26.8 Å². The maximum Gasteiger partial charge on any atom is 0.112 e. The lowest BCUT2D eigenvalue weighted by Gasteiger charge is -2.38. The summed E-state index contributed by atoms with van der Waals surface area (Å²) in [5, 5.41) is 0. The zero-order valence-electron chi connectivity index (χ0n) is 11.4. The van der Waals surface area contributed by atoms with Gasteiger partial charge in [0, 0.05) is 11.0 Å². The van der Waals surface area contributed by atoms with E-state index in [1.165, 1.54) is 12.0 Å². The highest BCUT2D eigenvalue weighted by atomic mass is 14.9. The third-order valence-corrected chi connectivity index (χ3v) is 4.01. The van der Waals surface area contributed by atoms with Gasteiger partial charge < -0.3 is 10.7 Å². The molecule has 0 aliphatic heterocycles. The molecule has 0 radical (unpaired) electrons. The number of aromatic nitrogens is 2. The Morgan fingerprint density at radius 2 is 2.00 bits per heavy atom. The number of imidazole rings is 1. The molecule has 1 aliphatic carbocycles. The monoisotopic (exact) mass is 243 g/mol. The van der Waals surface area contributed by atoms with Crippen LogP contribution in [-0.4, -0.2) is 9.97 Å². The van der Waals surface area contributed by atoms with Gasteiger partial charge in [-0.2, -0.15) is 0 Å². The average Bonchev–Trinajstić information content (AvgIpc) is 2.68. The molecule has 1 aliphatic rings. The number of nitrogens with one attached hydrogen (secondary N) is 1. The van der Waals surface area contributed by atoms with Crippen LogP contribution < -0.4 is 5.73 Å². The van der Waals surface area contributed by atoms with Crippen LogP contribution in [0.25, 0.3) is 11.0 Å². The fourth-order valence-electron chi connectivity index (χ4n) is 2.52. The lowest BCUT2D eigenvalue weighted by Crippen LogP contribution is -2.43. The molecule has 0 amide bonds. The Kier molecular flexibility index (Phi) is 2.33. The molecular formula is C15H21N3. The number of benzene rings is 1. The summed E-state index contributed by atoms with van der Waals surface area (Å²) in [5.74, 6) is 1.04. The second-order valence-corrected chi connectivity index (χ2v) is 6.58. The van der Waals surface area contributed by atoms with Crippen molar-refractivity contribution in [3.63, 3.8) is 0 Å². The van der Waals surface area contributed by atoms with Crippen molar-refractivity contribution in [2.45, 2.75) is 51.0 Å². The molecular weight excluding hydrogens is 222 g/mol. The molecule has 0 saturated heterocycles. The minimum Gasteiger partial charge on any atom is -0.342 e. The van der Waals surface area contributed by atoms with E-state index in [1.54, 1.807) is 0 Å². The first-order valence-corrected chi connectivity index (χ1v) is 6.68. The smallest absolute Gasteiger partial charge is 0.112 e. The molecule has 18 heavy (non-hydrogen) atoms. The minimum atomic E-state index is -0.0960. The number of nitrogens with two attached hydrogens (primary N) is 1. The van der Waals surface area contributed by atoms with Gasteiger partial charge in [-0.3, -0.25) is 0 Å². The zero-order valence-corrected chi connectivity index (χ0v) is 11.4. The summed E-state index contributed by atoms with van der Waals surface area (Å²) in [6.45, 7) is 6.51. The third kappa shape index (κ3) is 1.74. The number of rotatable bonds is 1. The van der Waals surface area contributed by atoms with E-state index in [-0.39, 0.29) is 11.0 Å². The van der Waals surface area contributed by atoms with Gasteiger partial charge in [0.2, 0.25) is 0 Å². The molecule has 1 fully saturated rings. The van der Waals surface area contributed by atoms with E-state index in [2.05, 4.69) is 48.9 Å². The molecule has 3 N–H and O–H groups in total. The molecule has 1 aromatic heterocycles. The Morgan fingerprint density at radius 1 is 1.28 bits per heavy atom. The van der Waals surface area contributed by atoms with Crippen LogP contribution in [0.4, 0.5) is 0 Å².